The predicted octanol–water partition coefficient (Wildman–Crippen LogP) is 4.87. The van der Waals surface area contributed by atoms with E-state index in [2.05, 4.69) is 17.4 Å². The summed E-state index contributed by atoms with van der Waals surface area (Å²) in [6, 6.07) is 7.44. The zero-order valence-electron chi connectivity index (χ0n) is 17.8. The van der Waals surface area contributed by atoms with Gasteiger partial charge in [-0.05, 0) is 37.5 Å². The van der Waals surface area contributed by atoms with E-state index < -0.39 is 5.41 Å². The molecule has 1 fully saturated rings. The van der Waals surface area contributed by atoms with Crippen molar-refractivity contribution in [2.24, 2.45) is 0 Å². The lowest BCUT2D eigenvalue weighted by molar-refractivity contribution is -0.123. The van der Waals surface area contributed by atoms with Crippen LogP contribution < -0.4 is 14.8 Å². The molecule has 6 nitrogen and oxygen atoms in total. The first kappa shape index (κ1) is 21.2. The van der Waals surface area contributed by atoms with Crippen molar-refractivity contribution < 1.29 is 18.8 Å². The number of hydrogen-bond donors (Lipinski definition) is 1. The number of benzene rings is 1. The van der Waals surface area contributed by atoms with E-state index in [1.165, 1.54) is 32.1 Å². The largest absolute Gasteiger partial charge is 0.493 e. The fraction of sp³-hybridized carbons (Fsp3) is 0.565. The van der Waals surface area contributed by atoms with Crippen molar-refractivity contribution >= 4 is 5.91 Å². The number of carbonyl (C=O) groups excluding carboxylic acids is 1. The molecule has 0 unspecified atom stereocenters. The first-order valence-electron chi connectivity index (χ1n) is 10.6. The van der Waals surface area contributed by atoms with Crippen molar-refractivity contribution in [3.63, 3.8) is 0 Å². The van der Waals surface area contributed by atoms with Crippen LogP contribution in [0.2, 0.25) is 0 Å². The number of ether oxygens (including phenoxy) is 2. The third kappa shape index (κ3) is 4.92. The molecule has 6 heteroatoms. The van der Waals surface area contributed by atoms with Gasteiger partial charge in [0, 0.05) is 18.2 Å². The summed E-state index contributed by atoms with van der Waals surface area (Å²) in [6.07, 6.45) is 8.90. The van der Waals surface area contributed by atoms with E-state index in [0.717, 1.165) is 31.4 Å². The van der Waals surface area contributed by atoms with Gasteiger partial charge in [-0.3, -0.25) is 4.79 Å². The summed E-state index contributed by atoms with van der Waals surface area (Å²) in [5.41, 5.74) is 1.02. The topological polar surface area (TPSA) is 73.6 Å². The average molecular weight is 401 g/mol. The minimum absolute atomic E-state index is 0.0678. The highest BCUT2D eigenvalue weighted by Gasteiger charge is 2.53. The maximum absolute atomic E-state index is 12.8. The summed E-state index contributed by atoms with van der Waals surface area (Å²) in [5.74, 6) is 1.97. The van der Waals surface area contributed by atoms with Crippen molar-refractivity contribution in [1.29, 1.82) is 0 Å². The van der Waals surface area contributed by atoms with E-state index in [-0.39, 0.29) is 5.91 Å². The van der Waals surface area contributed by atoms with Crippen molar-refractivity contribution in [2.45, 2.75) is 63.7 Å². The number of nitrogens with zero attached hydrogens (tertiary/aromatic N) is 1. The van der Waals surface area contributed by atoms with Crippen LogP contribution in [0, 0.1) is 0 Å². The van der Waals surface area contributed by atoms with Gasteiger partial charge in [0.2, 0.25) is 5.91 Å². The van der Waals surface area contributed by atoms with E-state index >= 15 is 0 Å². The van der Waals surface area contributed by atoms with Gasteiger partial charge >= 0.3 is 0 Å². The van der Waals surface area contributed by atoms with E-state index in [4.69, 9.17) is 14.0 Å². The molecule has 0 atom stereocenters. The highest BCUT2D eigenvalue weighted by Crippen LogP contribution is 2.48. The standard InChI is InChI=1S/C23H32N2O4/c1-4-5-6-7-8-9-14-24-22(26)23(12-13-23)21-16-19(29-25-21)17-10-11-18(27-2)20(15-17)28-3/h10-11,15-16H,4-9,12-14H2,1-3H3,(H,24,26). The molecule has 0 saturated heterocycles. The Morgan fingerprint density at radius 3 is 2.48 bits per heavy atom. The molecule has 2 aromatic rings. The number of carbonyl (C=O) groups is 1. The first-order valence-corrected chi connectivity index (χ1v) is 10.6. The van der Waals surface area contributed by atoms with E-state index in [9.17, 15) is 4.79 Å². The number of unbranched alkanes of at least 4 members (excludes halogenated alkanes) is 5. The van der Waals surface area contributed by atoms with Crippen LogP contribution in [0.1, 0.15) is 64.0 Å². The van der Waals surface area contributed by atoms with Crippen molar-refractivity contribution in [2.75, 3.05) is 20.8 Å². The molecule has 29 heavy (non-hydrogen) atoms. The van der Waals surface area contributed by atoms with Crippen LogP contribution in [0.15, 0.2) is 28.8 Å². The SMILES string of the molecule is CCCCCCCCNC(=O)C1(c2cc(-c3ccc(OC)c(OC)c3)on2)CC1. The second-order valence-electron chi connectivity index (χ2n) is 7.75. The molecule has 0 bridgehead atoms. The second kappa shape index (κ2) is 9.81. The quantitative estimate of drug-likeness (QED) is 0.515. The molecule has 1 aromatic heterocycles. The molecule has 1 aromatic carbocycles. The third-order valence-corrected chi connectivity index (χ3v) is 5.67. The molecule has 1 N–H and O–H groups in total. The normalized spacial score (nSPS) is 14.4. The molecule has 1 heterocycles. The Morgan fingerprint density at radius 1 is 1.07 bits per heavy atom. The van der Waals surface area contributed by atoms with E-state index in [1.54, 1.807) is 14.2 Å². The van der Waals surface area contributed by atoms with Gasteiger partial charge in [0.05, 0.1) is 25.3 Å². The molecule has 1 aliphatic rings. The van der Waals surface area contributed by atoms with Gasteiger partial charge < -0.3 is 19.3 Å². The van der Waals surface area contributed by atoms with Crippen LogP contribution in [-0.4, -0.2) is 31.8 Å². The highest BCUT2D eigenvalue weighted by molar-refractivity contribution is 5.91. The van der Waals surface area contributed by atoms with Gasteiger partial charge in [-0.25, -0.2) is 0 Å². The molecular weight excluding hydrogens is 368 g/mol. The first-order chi connectivity index (χ1) is 14.1. The predicted molar refractivity (Wildman–Crippen MR) is 112 cm³/mol. The summed E-state index contributed by atoms with van der Waals surface area (Å²) in [4.78, 5) is 12.8. The van der Waals surface area contributed by atoms with E-state index in [0.29, 0.717) is 23.0 Å². The lowest BCUT2D eigenvalue weighted by Crippen LogP contribution is -2.35. The Balaban J connectivity index is 1.59. The van der Waals surface area contributed by atoms with Crippen LogP contribution in [0.25, 0.3) is 11.3 Å². The molecule has 0 spiro atoms. The molecular formula is C23H32N2O4. The smallest absolute Gasteiger partial charge is 0.232 e. The van der Waals surface area contributed by atoms with Crippen LogP contribution in [-0.2, 0) is 10.2 Å². The summed E-state index contributed by atoms with van der Waals surface area (Å²) < 4.78 is 16.2. The van der Waals surface area contributed by atoms with Crippen LogP contribution >= 0.6 is 0 Å². The molecule has 1 saturated carbocycles. The van der Waals surface area contributed by atoms with Gasteiger partial charge in [0.25, 0.3) is 0 Å². The number of methoxy groups -OCH3 is 2. The number of rotatable bonds is 12. The molecule has 3 rings (SSSR count). The highest BCUT2D eigenvalue weighted by atomic mass is 16.5. The van der Waals surface area contributed by atoms with Crippen molar-refractivity contribution in [1.82, 2.24) is 10.5 Å². The zero-order chi connectivity index (χ0) is 20.7. The second-order valence-corrected chi connectivity index (χ2v) is 7.75. The van der Waals surface area contributed by atoms with E-state index in [1.807, 2.05) is 24.3 Å². The number of nitrogens with one attached hydrogen (secondary N) is 1. The molecule has 0 radical (unpaired) electrons. The Hall–Kier alpha value is -2.50. The van der Waals surface area contributed by atoms with Crippen molar-refractivity contribution in [3.8, 4) is 22.8 Å². The molecule has 1 amide bonds. The van der Waals surface area contributed by atoms with Crippen LogP contribution in [0.4, 0.5) is 0 Å². The number of amides is 1. The minimum Gasteiger partial charge on any atom is -0.493 e. The fourth-order valence-corrected chi connectivity index (χ4v) is 3.63. The Kier molecular flexibility index (Phi) is 7.18. The monoisotopic (exact) mass is 400 g/mol. The summed E-state index contributed by atoms with van der Waals surface area (Å²) in [5, 5.41) is 7.32. The Bertz CT molecular complexity index is 811. The third-order valence-electron chi connectivity index (χ3n) is 5.67. The number of aromatic nitrogens is 1. The van der Waals surface area contributed by atoms with Gasteiger partial charge in [-0.1, -0.05) is 44.2 Å². The average Bonchev–Trinajstić information content (AvgIpc) is 3.42. The summed E-state index contributed by atoms with van der Waals surface area (Å²) in [7, 11) is 3.20. The Labute approximate surface area is 172 Å². The summed E-state index contributed by atoms with van der Waals surface area (Å²) in [6.45, 7) is 2.95. The molecule has 158 valence electrons. The summed E-state index contributed by atoms with van der Waals surface area (Å²) >= 11 is 0. The van der Waals surface area contributed by atoms with Crippen molar-refractivity contribution in [3.05, 3.63) is 30.0 Å². The Morgan fingerprint density at radius 2 is 1.79 bits per heavy atom. The number of hydrogen-bond acceptors (Lipinski definition) is 5. The molecule has 0 aliphatic heterocycles. The molecule has 1 aliphatic carbocycles. The maximum Gasteiger partial charge on any atom is 0.232 e. The van der Waals surface area contributed by atoms with Crippen LogP contribution in [0.5, 0.6) is 11.5 Å². The van der Waals surface area contributed by atoms with Gasteiger partial charge in [0.1, 0.15) is 0 Å². The fourth-order valence-electron chi connectivity index (χ4n) is 3.63. The minimum atomic E-state index is -0.527. The lowest BCUT2D eigenvalue weighted by atomic mass is 10.00. The van der Waals surface area contributed by atoms with Crippen LogP contribution in [0.3, 0.4) is 0 Å². The maximum atomic E-state index is 12.8. The van der Waals surface area contributed by atoms with Gasteiger partial charge in [-0.2, -0.15) is 0 Å². The van der Waals surface area contributed by atoms with Gasteiger partial charge in [-0.15, -0.1) is 0 Å². The zero-order valence-corrected chi connectivity index (χ0v) is 17.8. The lowest BCUT2D eigenvalue weighted by Gasteiger charge is -2.12. The van der Waals surface area contributed by atoms with Gasteiger partial charge in [0.15, 0.2) is 17.3 Å².